The molecule has 2 bridgehead atoms. The molecule has 4 aliphatic rings. The summed E-state index contributed by atoms with van der Waals surface area (Å²) < 4.78 is 23.2. The predicted molar refractivity (Wildman–Crippen MR) is 201 cm³/mol. The Kier molecular flexibility index (Phi) is 12.3. The summed E-state index contributed by atoms with van der Waals surface area (Å²) in [5.74, 6) is -2.34. The third kappa shape index (κ3) is 8.66. The number of rotatable bonds is 14. The summed E-state index contributed by atoms with van der Waals surface area (Å²) >= 11 is 0. The van der Waals surface area contributed by atoms with E-state index < -0.39 is 83.9 Å². The molecule has 56 heavy (non-hydrogen) atoms. The Morgan fingerprint density at radius 1 is 1.04 bits per heavy atom. The summed E-state index contributed by atoms with van der Waals surface area (Å²) in [7, 11) is 4.85. The maximum absolute atomic E-state index is 15.3. The fourth-order valence-electron chi connectivity index (χ4n) is 8.01. The Balaban J connectivity index is 1.30. The second kappa shape index (κ2) is 16.8. The number of hydrogen-bond donors (Lipinski definition) is 2. The van der Waals surface area contributed by atoms with Crippen molar-refractivity contribution in [2.45, 2.75) is 101 Å². The Morgan fingerprint density at radius 2 is 1.75 bits per heavy atom. The molecule has 4 fully saturated rings. The minimum atomic E-state index is -1.53. The van der Waals surface area contributed by atoms with E-state index in [-0.39, 0.29) is 44.9 Å². The molecule has 1 aliphatic carbocycles. The van der Waals surface area contributed by atoms with Gasteiger partial charge in [0, 0.05) is 46.5 Å². The van der Waals surface area contributed by atoms with Gasteiger partial charge in [-0.25, -0.2) is 0 Å². The molecule has 8 atom stereocenters. The van der Waals surface area contributed by atoms with Gasteiger partial charge in [0.25, 0.3) is 0 Å². The van der Waals surface area contributed by atoms with Crippen molar-refractivity contribution < 1.29 is 52.9 Å². The Hall–Kier alpha value is -4.67. The van der Waals surface area contributed by atoms with Crippen LogP contribution in [0.5, 0.6) is 0 Å². The van der Waals surface area contributed by atoms with Crippen LogP contribution >= 0.6 is 0 Å². The maximum atomic E-state index is 15.3. The minimum Gasteiger partial charge on any atom is -0.460 e. The summed E-state index contributed by atoms with van der Waals surface area (Å²) in [6.07, 6.45) is 0.269. The van der Waals surface area contributed by atoms with Crippen LogP contribution in [0, 0.1) is 5.41 Å². The van der Waals surface area contributed by atoms with E-state index in [0.717, 1.165) is 16.7 Å². The van der Waals surface area contributed by atoms with Crippen molar-refractivity contribution in [1.82, 2.24) is 20.2 Å². The van der Waals surface area contributed by atoms with Crippen LogP contribution < -0.4 is 5.32 Å². The molecule has 1 saturated carbocycles. The fraction of sp³-hybridized carbons (Fsp3) is 0.537. The molecule has 302 valence electrons. The lowest BCUT2D eigenvalue weighted by Crippen LogP contribution is -2.70. The number of esters is 2. The maximum Gasteiger partial charge on any atom is 0.327 e. The molecule has 3 aliphatic heterocycles. The number of carbonyl (C=O) groups excluding carboxylic acids is 5. The van der Waals surface area contributed by atoms with E-state index in [4.69, 9.17) is 23.8 Å². The van der Waals surface area contributed by atoms with Crippen molar-refractivity contribution in [3.63, 3.8) is 0 Å². The summed E-state index contributed by atoms with van der Waals surface area (Å²) in [6.45, 7) is 4.84. The first-order chi connectivity index (χ1) is 26.6. The van der Waals surface area contributed by atoms with Crippen molar-refractivity contribution in [1.29, 1.82) is 0 Å². The Labute approximate surface area is 326 Å². The number of benzene rings is 2. The average Bonchev–Trinajstić information content (AvgIpc) is 3.78. The van der Waals surface area contributed by atoms with Crippen LogP contribution in [0.3, 0.4) is 0 Å². The Bertz CT molecular complexity index is 1810. The molecular weight excluding hydrogens is 724 g/mol. The first-order valence-corrected chi connectivity index (χ1v) is 18.9. The van der Waals surface area contributed by atoms with E-state index in [1.54, 1.807) is 40.9 Å². The molecular formula is C41H52N4O11. The lowest BCUT2D eigenvalue weighted by atomic mass is 9.62. The fourth-order valence-corrected chi connectivity index (χ4v) is 8.01. The second-order valence-electron chi connectivity index (χ2n) is 16.0. The van der Waals surface area contributed by atoms with Crippen molar-refractivity contribution in [3.05, 3.63) is 77.4 Å². The van der Waals surface area contributed by atoms with Gasteiger partial charge in [-0.05, 0) is 50.0 Å². The lowest BCUT2D eigenvalue weighted by Gasteiger charge is -2.50. The second-order valence-corrected chi connectivity index (χ2v) is 16.0. The largest absolute Gasteiger partial charge is 0.460 e. The first kappa shape index (κ1) is 41.0. The molecule has 2 aromatic carbocycles. The van der Waals surface area contributed by atoms with Gasteiger partial charge in [-0.1, -0.05) is 54.6 Å². The molecule has 0 radical (unpaired) electrons. The number of amides is 3. The molecule has 6 rings (SSSR count). The van der Waals surface area contributed by atoms with Gasteiger partial charge in [0.15, 0.2) is 6.04 Å². The van der Waals surface area contributed by atoms with E-state index in [0.29, 0.717) is 0 Å². The van der Waals surface area contributed by atoms with E-state index >= 15 is 4.79 Å². The molecule has 15 heteroatoms. The quantitative estimate of drug-likeness (QED) is 0.212. The molecule has 0 aromatic heterocycles. The van der Waals surface area contributed by atoms with Crippen LogP contribution in [0.15, 0.2) is 60.7 Å². The molecule has 3 heterocycles. The number of hydrogen-bond acceptors (Lipinski definition) is 12. The zero-order valence-corrected chi connectivity index (χ0v) is 32.7. The van der Waals surface area contributed by atoms with Crippen LogP contribution in [0.25, 0.3) is 6.08 Å². The standard InChI is InChI=1S/C41H52N4O11/c1-40(2,3)55-32(48)18-16-28(23-46)42-37(49)29(20-25-11-8-7-9-12-25)44(6)39(51)41-21-30-33-34(53-24-52-33)36(41)56-45(35(41)38(50)54-30)22-27-14-10-13-26(19-27)15-17-31(47)43(4)5/h7-15,17,19,28-30,33-36,46H,16,18,20-24H2,1-6H3,(H,42,49)/t28-,29+,30-,33-,34-,35-,36+,41-/m0/s1. The van der Waals surface area contributed by atoms with E-state index in [9.17, 15) is 24.3 Å². The number of fused-ring (bicyclic) bond motifs is 4. The zero-order chi connectivity index (χ0) is 40.4. The summed E-state index contributed by atoms with van der Waals surface area (Å²) in [6, 6.07) is 13.5. The number of ether oxygens (including phenoxy) is 4. The minimum absolute atomic E-state index is 0.0396. The highest BCUT2D eigenvalue weighted by molar-refractivity contribution is 5.96. The summed E-state index contributed by atoms with van der Waals surface area (Å²) in [4.78, 5) is 77.7. The predicted octanol–water partition coefficient (Wildman–Crippen LogP) is 2.00. The topological polar surface area (TPSA) is 173 Å². The van der Waals surface area contributed by atoms with E-state index in [1.165, 1.54) is 28.0 Å². The smallest absolute Gasteiger partial charge is 0.327 e. The van der Waals surface area contributed by atoms with Crippen molar-refractivity contribution in [2.75, 3.05) is 34.5 Å². The molecule has 0 unspecified atom stereocenters. The van der Waals surface area contributed by atoms with Crippen LogP contribution in [-0.4, -0.2) is 132 Å². The van der Waals surface area contributed by atoms with Gasteiger partial charge in [0.1, 0.15) is 48.3 Å². The van der Waals surface area contributed by atoms with Gasteiger partial charge in [-0.2, -0.15) is 5.06 Å². The SMILES string of the molecule is CN(C)C(=O)C=Cc1cccc(CN2O[C@@H]3[C@H]4OCO[C@H]4[C@@H]4C[C@]3(C(=O)N(C)[C@H](Cc3ccccc3)C(=O)N[C@H](CO)CCC(=O)OC(C)(C)C)[C@@H]2C(=O)O4)c1. The van der Waals surface area contributed by atoms with Crippen LogP contribution in [0.1, 0.15) is 56.7 Å². The van der Waals surface area contributed by atoms with Gasteiger partial charge < -0.3 is 39.2 Å². The number of aliphatic hydroxyl groups excluding tert-OH is 1. The molecule has 0 spiro atoms. The molecule has 3 amide bonds. The highest BCUT2D eigenvalue weighted by Gasteiger charge is 2.75. The lowest BCUT2D eigenvalue weighted by molar-refractivity contribution is -0.204. The molecule has 15 nitrogen and oxygen atoms in total. The van der Waals surface area contributed by atoms with Gasteiger partial charge >= 0.3 is 11.9 Å². The number of nitrogens with zero attached hydrogens (tertiary/aromatic N) is 3. The first-order valence-electron chi connectivity index (χ1n) is 18.9. The highest BCUT2D eigenvalue weighted by atomic mass is 16.8. The monoisotopic (exact) mass is 776 g/mol. The molecule has 2 N–H and O–H groups in total. The van der Waals surface area contributed by atoms with E-state index in [1.807, 2.05) is 54.6 Å². The molecule has 2 aromatic rings. The van der Waals surface area contributed by atoms with Crippen molar-refractivity contribution in [2.24, 2.45) is 5.41 Å². The van der Waals surface area contributed by atoms with Crippen molar-refractivity contribution in [3.8, 4) is 0 Å². The zero-order valence-electron chi connectivity index (χ0n) is 32.7. The number of likely N-dealkylation sites (N-methyl/N-ethyl adjacent to an activating group) is 2. The number of nitrogens with one attached hydrogen (secondary N) is 1. The van der Waals surface area contributed by atoms with Crippen LogP contribution in [0.4, 0.5) is 0 Å². The third-order valence-electron chi connectivity index (χ3n) is 10.7. The summed E-state index contributed by atoms with van der Waals surface area (Å²) in [5.41, 5.74) is 0.0585. The van der Waals surface area contributed by atoms with Crippen molar-refractivity contribution >= 4 is 35.7 Å². The molecule has 3 saturated heterocycles. The van der Waals surface area contributed by atoms with Gasteiger partial charge in [-0.3, -0.25) is 28.8 Å². The number of aliphatic hydroxyl groups is 1. The van der Waals surface area contributed by atoms with Gasteiger partial charge in [0.2, 0.25) is 17.7 Å². The van der Waals surface area contributed by atoms with Crippen LogP contribution in [0.2, 0.25) is 0 Å². The number of carbonyl (C=O) groups is 5. The van der Waals surface area contributed by atoms with Crippen LogP contribution in [-0.2, 0) is 60.7 Å². The van der Waals surface area contributed by atoms with Gasteiger partial charge in [-0.15, -0.1) is 0 Å². The summed E-state index contributed by atoms with van der Waals surface area (Å²) in [5, 5.41) is 14.6. The number of hydroxylamine groups is 2. The van der Waals surface area contributed by atoms with Gasteiger partial charge in [0.05, 0.1) is 19.2 Å². The Morgan fingerprint density at radius 3 is 2.45 bits per heavy atom. The third-order valence-corrected chi connectivity index (χ3v) is 10.7. The normalized spacial score (nSPS) is 26.6. The van der Waals surface area contributed by atoms with E-state index in [2.05, 4.69) is 5.32 Å². The highest BCUT2D eigenvalue weighted by Crippen LogP contribution is 2.56. The average molecular weight is 777 g/mol.